The van der Waals surface area contributed by atoms with Gasteiger partial charge in [0.2, 0.25) is 0 Å². The lowest BCUT2D eigenvalue weighted by molar-refractivity contribution is -0.00828. The lowest BCUT2D eigenvalue weighted by Crippen LogP contribution is -2.14. The zero-order chi connectivity index (χ0) is 11.6. The van der Waals surface area contributed by atoms with Crippen molar-refractivity contribution in [2.45, 2.75) is 46.8 Å². The Labute approximate surface area is 91.3 Å². The van der Waals surface area contributed by atoms with E-state index in [1.165, 1.54) is 0 Å². The van der Waals surface area contributed by atoms with Crippen LogP contribution in [0.4, 0.5) is 4.39 Å². The van der Waals surface area contributed by atoms with E-state index in [4.69, 9.17) is 4.74 Å². The van der Waals surface area contributed by atoms with Gasteiger partial charge in [0.25, 0.3) is 0 Å². The Morgan fingerprint density at radius 1 is 1.27 bits per heavy atom. The van der Waals surface area contributed by atoms with Gasteiger partial charge < -0.3 is 4.74 Å². The second-order valence-electron chi connectivity index (χ2n) is 4.02. The van der Waals surface area contributed by atoms with E-state index < -0.39 is 0 Å². The largest absolute Gasteiger partial charge is 0.366 e. The summed E-state index contributed by atoms with van der Waals surface area (Å²) in [6.45, 7) is 10.1. The van der Waals surface area contributed by atoms with Crippen LogP contribution in [0.25, 0.3) is 0 Å². The van der Waals surface area contributed by atoms with E-state index in [0.29, 0.717) is 12.2 Å². The van der Waals surface area contributed by atoms with Crippen LogP contribution >= 0.6 is 0 Å². The Bertz CT molecular complexity index is 356. The third-order valence-electron chi connectivity index (χ3n) is 2.66. The lowest BCUT2D eigenvalue weighted by atomic mass is 9.94. The molecular formula is C13H19FO. The van der Waals surface area contributed by atoms with Crippen molar-refractivity contribution in [2.24, 2.45) is 0 Å². The van der Waals surface area contributed by atoms with Crippen molar-refractivity contribution in [3.8, 4) is 0 Å². The number of hydrogen-bond acceptors (Lipinski definition) is 1. The fourth-order valence-electron chi connectivity index (χ4n) is 1.77. The van der Waals surface area contributed by atoms with Crippen LogP contribution in [0.2, 0.25) is 0 Å². The fraction of sp³-hybridized carbons (Fsp3) is 0.538. The molecule has 0 spiro atoms. The Morgan fingerprint density at radius 3 is 2.47 bits per heavy atom. The Kier molecular flexibility index (Phi) is 3.50. The monoisotopic (exact) mass is 210 g/mol. The van der Waals surface area contributed by atoms with Crippen LogP contribution in [0.5, 0.6) is 0 Å². The van der Waals surface area contributed by atoms with Gasteiger partial charge in [-0.1, -0.05) is 26.0 Å². The molecular weight excluding hydrogens is 191 g/mol. The molecule has 1 aliphatic heterocycles. The Balaban J connectivity index is 0.000000531. The van der Waals surface area contributed by atoms with Gasteiger partial charge in [0.1, 0.15) is 5.82 Å². The maximum atomic E-state index is 13.6. The van der Waals surface area contributed by atoms with Gasteiger partial charge in [-0.25, -0.2) is 4.39 Å². The van der Waals surface area contributed by atoms with Gasteiger partial charge in [-0.05, 0) is 31.9 Å². The molecule has 0 atom stereocenters. The first-order valence-electron chi connectivity index (χ1n) is 5.45. The first-order chi connectivity index (χ1) is 7.02. The third-order valence-corrected chi connectivity index (χ3v) is 2.66. The number of aryl methyl sites for hydroxylation is 1. The van der Waals surface area contributed by atoms with E-state index in [0.717, 1.165) is 11.1 Å². The fourth-order valence-corrected chi connectivity index (χ4v) is 1.77. The van der Waals surface area contributed by atoms with E-state index in [1.807, 2.05) is 39.8 Å². The summed E-state index contributed by atoms with van der Waals surface area (Å²) in [5.74, 6) is -0.108. The van der Waals surface area contributed by atoms with Crippen molar-refractivity contribution in [1.82, 2.24) is 0 Å². The van der Waals surface area contributed by atoms with Gasteiger partial charge in [0, 0.05) is 5.56 Å². The average Bonchev–Trinajstić information content (AvgIpc) is 2.52. The molecule has 0 saturated carbocycles. The molecule has 1 aromatic rings. The molecule has 0 N–H and O–H groups in total. The number of halogens is 1. The minimum Gasteiger partial charge on any atom is -0.366 e. The normalized spacial score (nSPS) is 16.7. The SMILES string of the molecule is CC.Cc1ccc2c(c1F)COC2(C)C. The smallest absolute Gasteiger partial charge is 0.132 e. The molecule has 84 valence electrons. The van der Waals surface area contributed by atoms with E-state index >= 15 is 0 Å². The van der Waals surface area contributed by atoms with Crippen LogP contribution < -0.4 is 0 Å². The quantitative estimate of drug-likeness (QED) is 0.630. The van der Waals surface area contributed by atoms with Gasteiger partial charge in [0.05, 0.1) is 12.2 Å². The minimum atomic E-state index is -0.329. The van der Waals surface area contributed by atoms with Crippen LogP contribution in [0.3, 0.4) is 0 Å². The summed E-state index contributed by atoms with van der Waals surface area (Å²) < 4.78 is 19.1. The Morgan fingerprint density at radius 2 is 1.87 bits per heavy atom. The van der Waals surface area contributed by atoms with Crippen molar-refractivity contribution >= 4 is 0 Å². The molecule has 2 heteroatoms. The van der Waals surface area contributed by atoms with Crippen LogP contribution in [0.15, 0.2) is 12.1 Å². The standard InChI is InChI=1S/C11H13FO.C2H6/c1-7-4-5-9-8(10(7)12)6-13-11(9,2)3;1-2/h4-5H,6H2,1-3H3;1-2H3. The summed E-state index contributed by atoms with van der Waals surface area (Å²) in [7, 11) is 0. The van der Waals surface area contributed by atoms with Crippen LogP contribution in [0.1, 0.15) is 44.4 Å². The zero-order valence-electron chi connectivity index (χ0n) is 10.1. The zero-order valence-corrected chi connectivity index (χ0v) is 10.1. The topological polar surface area (TPSA) is 9.23 Å². The van der Waals surface area contributed by atoms with Gasteiger partial charge in [-0.2, -0.15) is 0 Å². The lowest BCUT2D eigenvalue weighted by Gasteiger charge is -2.18. The summed E-state index contributed by atoms with van der Waals surface area (Å²) in [4.78, 5) is 0. The number of ether oxygens (including phenoxy) is 1. The molecule has 1 aromatic carbocycles. The van der Waals surface area contributed by atoms with Gasteiger partial charge in [0.15, 0.2) is 0 Å². The van der Waals surface area contributed by atoms with Crippen LogP contribution in [0, 0.1) is 12.7 Å². The van der Waals surface area contributed by atoms with Crippen LogP contribution in [-0.4, -0.2) is 0 Å². The average molecular weight is 210 g/mol. The molecule has 0 unspecified atom stereocenters. The summed E-state index contributed by atoms with van der Waals surface area (Å²) in [6, 6.07) is 3.77. The molecule has 0 aromatic heterocycles. The molecule has 1 heterocycles. The molecule has 0 radical (unpaired) electrons. The highest BCUT2D eigenvalue weighted by Crippen LogP contribution is 2.37. The highest BCUT2D eigenvalue weighted by atomic mass is 19.1. The first-order valence-corrected chi connectivity index (χ1v) is 5.45. The number of hydrogen-bond donors (Lipinski definition) is 0. The van der Waals surface area contributed by atoms with E-state index in [2.05, 4.69) is 0 Å². The van der Waals surface area contributed by atoms with Crippen molar-refractivity contribution in [3.63, 3.8) is 0 Å². The third kappa shape index (κ3) is 2.05. The van der Waals surface area contributed by atoms with Gasteiger partial charge in [-0.3, -0.25) is 0 Å². The molecule has 15 heavy (non-hydrogen) atoms. The predicted molar refractivity (Wildman–Crippen MR) is 60.3 cm³/mol. The molecule has 1 aliphatic rings. The molecule has 0 saturated heterocycles. The van der Waals surface area contributed by atoms with E-state index in [-0.39, 0.29) is 11.4 Å². The summed E-state index contributed by atoms with van der Waals surface area (Å²) in [5.41, 5.74) is 2.07. The first kappa shape index (κ1) is 12.2. The highest BCUT2D eigenvalue weighted by molar-refractivity contribution is 5.38. The minimum absolute atomic E-state index is 0.108. The maximum Gasteiger partial charge on any atom is 0.132 e. The van der Waals surface area contributed by atoms with Gasteiger partial charge >= 0.3 is 0 Å². The number of benzene rings is 1. The van der Waals surface area contributed by atoms with Crippen molar-refractivity contribution in [1.29, 1.82) is 0 Å². The predicted octanol–water partition coefficient (Wildman–Crippen LogP) is 3.93. The molecule has 2 rings (SSSR count). The summed E-state index contributed by atoms with van der Waals surface area (Å²) in [6.07, 6.45) is 0. The molecule has 0 amide bonds. The number of rotatable bonds is 0. The van der Waals surface area contributed by atoms with Crippen molar-refractivity contribution in [3.05, 3.63) is 34.6 Å². The summed E-state index contributed by atoms with van der Waals surface area (Å²) >= 11 is 0. The molecule has 0 aliphatic carbocycles. The summed E-state index contributed by atoms with van der Waals surface area (Å²) in [5, 5.41) is 0. The second-order valence-corrected chi connectivity index (χ2v) is 4.02. The van der Waals surface area contributed by atoms with Crippen molar-refractivity contribution in [2.75, 3.05) is 0 Å². The second kappa shape index (κ2) is 4.31. The van der Waals surface area contributed by atoms with Gasteiger partial charge in [-0.15, -0.1) is 0 Å². The maximum absolute atomic E-state index is 13.6. The number of fused-ring (bicyclic) bond motifs is 1. The Hall–Kier alpha value is -0.890. The van der Waals surface area contributed by atoms with Crippen molar-refractivity contribution < 1.29 is 9.13 Å². The molecule has 0 fully saturated rings. The molecule has 1 nitrogen and oxygen atoms in total. The molecule has 0 bridgehead atoms. The van der Waals surface area contributed by atoms with E-state index in [9.17, 15) is 4.39 Å². The van der Waals surface area contributed by atoms with E-state index in [1.54, 1.807) is 6.92 Å². The van der Waals surface area contributed by atoms with Crippen LogP contribution in [-0.2, 0) is 16.9 Å². The highest BCUT2D eigenvalue weighted by Gasteiger charge is 2.32.